The molecule has 2 unspecified atom stereocenters. The monoisotopic (exact) mass is 267 g/mol. The van der Waals surface area contributed by atoms with Crippen molar-refractivity contribution in [1.29, 1.82) is 0 Å². The van der Waals surface area contributed by atoms with Crippen molar-refractivity contribution in [3.8, 4) is 0 Å². The molecule has 0 spiro atoms. The van der Waals surface area contributed by atoms with Gasteiger partial charge in [-0.2, -0.15) is 0 Å². The first kappa shape index (κ1) is 13.3. The molecule has 3 heteroatoms. The Morgan fingerprint density at radius 2 is 2.20 bits per heavy atom. The van der Waals surface area contributed by atoms with Crippen LogP contribution in [-0.4, -0.2) is 16.5 Å². The molecule has 2 aromatic rings. The Morgan fingerprint density at radius 1 is 1.30 bits per heavy atom. The van der Waals surface area contributed by atoms with Crippen LogP contribution in [0.3, 0.4) is 0 Å². The first-order valence-corrected chi connectivity index (χ1v) is 7.45. The Morgan fingerprint density at radius 3 is 2.95 bits per heavy atom. The molecule has 3 nitrogen and oxygen atoms in total. The zero-order valence-electron chi connectivity index (χ0n) is 11.9. The fourth-order valence-electron chi connectivity index (χ4n) is 2.98. The molecule has 2 atom stereocenters. The molecule has 20 heavy (non-hydrogen) atoms. The molecule has 1 aromatic heterocycles. The van der Waals surface area contributed by atoms with Crippen LogP contribution in [0.2, 0.25) is 0 Å². The first-order chi connectivity index (χ1) is 9.88. The first-order valence-electron chi connectivity index (χ1n) is 7.45. The Kier molecular flexibility index (Phi) is 4.07. The molecule has 1 aromatic carbocycles. The largest absolute Gasteiger partial charge is 0.309 e. The van der Waals surface area contributed by atoms with Gasteiger partial charge in [0, 0.05) is 18.6 Å². The van der Waals surface area contributed by atoms with Gasteiger partial charge in [-0.1, -0.05) is 31.2 Å². The Bertz CT molecular complexity index is 553. The summed E-state index contributed by atoms with van der Waals surface area (Å²) in [7, 11) is 0. The van der Waals surface area contributed by atoms with E-state index in [4.69, 9.17) is 0 Å². The lowest BCUT2D eigenvalue weighted by atomic mass is 9.74. The summed E-state index contributed by atoms with van der Waals surface area (Å²) in [6.07, 6.45) is 8.84. The van der Waals surface area contributed by atoms with E-state index < -0.39 is 0 Å². The second-order valence-corrected chi connectivity index (χ2v) is 5.47. The van der Waals surface area contributed by atoms with Gasteiger partial charge in [0.1, 0.15) is 0 Å². The Labute approximate surface area is 120 Å². The van der Waals surface area contributed by atoms with E-state index >= 15 is 0 Å². The van der Waals surface area contributed by atoms with Gasteiger partial charge in [-0.25, -0.2) is 0 Å². The Hall–Kier alpha value is -1.74. The molecule has 1 aliphatic rings. The molecule has 0 fully saturated rings. The molecule has 0 bridgehead atoms. The van der Waals surface area contributed by atoms with E-state index in [-0.39, 0.29) is 0 Å². The summed E-state index contributed by atoms with van der Waals surface area (Å²) in [5.41, 5.74) is 4.08. The molecule has 0 saturated heterocycles. The van der Waals surface area contributed by atoms with E-state index in [1.54, 1.807) is 12.4 Å². The van der Waals surface area contributed by atoms with Crippen LogP contribution in [0, 0.1) is 0 Å². The van der Waals surface area contributed by atoms with Crippen LogP contribution < -0.4 is 5.32 Å². The number of nitrogens with zero attached hydrogens (tertiary/aromatic N) is 2. The van der Waals surface area contributed by atoms with Crippen molar-refractivity contribution in [2.24, 2.45) is 0 Å². The van der Waals surface area contributed by atoms with Gasteiger partial charge in [0.15, 0.2) is 0 Å². The zero-order chi connectivity index (χ0) is 13.8. The zero-order valence-corrected chi connectivity index (χ0v) is 11.9. The highest BCUT2D eigenvalue weighted by Gasteiger charge is 2.28. The van der Waals surface area contributed by atoms with Crippen LogP contribution in [0.1, 0.15) is 48.5 Å². The van der Waals surface area contributed by atoms with Crippen LogP contribution in [0.15, 0.2) is 42.9 Å². The molecule has 0 saturated carbocycles. The summed E-state index contributed by atoms with van der Waals surface area (Å²) >= 11 is 0. The highest BCUT2D eigenvalue weighted by Crippen LogP contribution is 2.40. The number of hydrogen-bond acceptors (Lipinski definition) is 3. The van der Waals surface area contributed by atoms with Crippen LogP contribution >= 0.6 is 0 Å². The van der Waals surface area contributed by atoms with Crippen molar-refractivity contribution in [3.63, 3.8) is 0 Å². The minimum atomic E-state index is 0.307. The highest BCUT2D eigenvalue weighted by molar-refractivity contribution is 5.40. The van der Waals surface area contributed by atoms with Crippen molar-refractivity contribution in [1.82, 2.24) is 15.3 Å². The van der Waals surface area contributed by atoms with E-state index in [0.717, 1.165) is 25.1 Å². The molecule has 3 rings (SSSR count). The molecule has 0 radical (unpaired) electrons. The average molecular weight is 267 g/mol. The van der Waals surface area contributed by atoms with Gasteiger partial charge in [-0.15, -0.1) is 0 Å². The number of aromatic nitrogens is 2. The molecule has 1 aliphatic carbocycles. The maximum Gasteiger partial charge on any atom is 0.0756 e. The van der Waals surface area contributed by atoms with Gasteiger partial charge in [0.25, 0.3) is 0 Å². The van der Waals surface area contributed by atoms with E-state index in [2.05, 4.69) is 46.5 Å². The maximum atomic E-state index is 4.47. The summed E-state index contributed by atoms with van der Waals surface area (Å²) in [4.78, 5) is 8.68. The smallest absolute Gasteiger partial charge is 0.0756 e. The predicted molar refractivity (Wildman–Crippen MR) is 80.6 cm³/mol. The number of nitrogens with one attached hydrogen (secondary N) is 1. The van der Waals surface area contributed by atoms with Gasteiger partial charge in [0.05, 0.1) is 11.7 Å². The molecular formula is C17H21N3. The van der Waals surface area contributed by atoms with Crippen molar-refractivity contribution < 1.29 is 0 Å². The summed E-state index contributed by atoms with van der Waals surface area (Å²) < 4.78 is 0. The van der Waals surface area contributed by atoms with Crippen LogP contribution in [0.25, 0.3) is 0 Å². The van der Waals surface area contributed by atoms with Gasteiger partial charge in [0.2, 0.25) is 0 Å². The summed E-state index contributed by atoms with van der Waals surface area (Å²) in [6, 6.07) is 9.08. The number of benzene rings is 1. The minimum absolute atomic E-state index is 0.307. The quantitative estimate of drug-likeness (QED) is 0.873. The van der Waals surface area contributed by atoms with Crippen molar-refractivity contribution in [3.05, 3.63) is 59.7 Å². The second kappa shape index (κ2) is 6.14. The SMILES string of the molecule is CCCNC(CC1Cc2ccccc21)c1cnccn1. The molecule has 1 N–H and O–H groups in total. The predicted octanol–water partition coefficient (Wildman–Crippen LogP) is 3.25. The molecule has 1 heterocycles. The van der Waals surface area contributed by atoms with Crippen LogP contribution in [0.5, 0.6) is 0 Å². The van der Waals surface area contributed by atoms with E-state index in [0.29, 0.717) is 12.0 Å². The Balaban J connectivity index is 1.72. The lowest BCUT2D eigenvalue weighted by Gasteiger charge is -2.33. The topological polar surface area (TPSA) is 37.8 Å². The molecule has 0 amide bonds. The summed E-state index contributed by atoms with van der Waals surface area (Å²) in [5, 5.41) is 3.61. The molecule has 0 aliphatic heterocycles. The van der Waals surface area contributed by atoms with Crippen molar-refractivity contribution in [2.75, 3.05) is 6.54 Å². The van der Waals surface area contributed by atoms with Gasteiger partial charge >= 0.3 is 0 Å². The van der Waals surface area contributed by atoms with Crippen LogP contribution in [0.4, 0.5) is 0 Å². The third-order valence-corrected chi connectivity index (χ3v) is 4.06. The highest BCUT2D eigenvalue weighted by atomic mass is 14.9. The van der Waals surface area contributed by atoms with Crippen molar-refractivity contribution in [2.45, 2.75) is 38.1 Å². The third kappa shape index (κ3) is 2.73. The summed E-state index contributed by atoms with van der Waals surface area (Å²) in [5.74, 6) is 0.655. The van der Waals surface area contributed by atoms with Gasteiger partial charge in [-0.05, 0) is 42.9 Å². The maximum absolute atomic E-state index is 4.47. The van der Waals surface area contributed by atoms with Crippen LogP contribution in [-0.2, 0) is 6.42 Å². The van der Waals surface area contributed by atoms with Crippen molar-refractivity contribution >= 4 is 0 Å². The van der Waals surface area contributed by atoms with E-state index in [9.17, 15) is 0 Å². The third-order valence-electron chi connectivity index (χ3n) is 4.06. The molecule has 104 valence electrons. The fourth-order valence-corrected chi connectivity index (χ4v) is 2.98. The van der Waals surface area contributed by atoms with E-state index in [1.807, 2.05) is 6.20 Å². The normalized spacial score (nSPS) is 18.1. The fraction of sp³-hybridized carbons (Fsp3) is 0.412. The number of rotatable bonds is 6. The second-order valence-electron chi connectivity index (χ2n) is 5.47. The molecular weight excluding hydrogens is 246 g/mol. The number of hydrogen-bond donors (Lipinski definition) is 1. The van der Waals surface area contributed by atoms with Gasteiger partial charge < -0.3 is 5.32 Å². The average Bonchev–Trinajstić information content (AvgIpc) is 2.49. The minimum Gasteiger partial charge on any atom is -0.309 e. The lowest BCUT2D eigenvalue weighted by molar-refractivity contribution is 0.420. The lowest BCUT2D eigenvalue weighted by Crippen LogP contribution is -2.28. The summed E-state index contributed by atoms with van der Waals surface area (Å²) in [6.45, 7) is 3.22. The van der Waals surface area contributed by atoms with Gasteiger partial charge in [-0.3, -0.25) is 9.97 Å². The number of fused-ring (bicyclic) bond motifs is 1. The standard InChI is InChI=1S/C17H21N3/c1-2-7-19-16(17-12-18-8-9-20-17)11-14-10-13-5-3-4-6-15(13)14/h3-6,8-9,12,14,16,19H,2,7,10-11H2,1H3. The van der Waals surface area contributed by atoms with E-state index in [1.165, 1.54) is 17.5 Å².